The Kier molecular flexibility index (Phi) is 4.88. The number of nitrogens with one attached hydrogen (secondary N) is 1. The summed E-state index contributed by atoms with van der Waals surface area (Å²) in [7, 11) is -3.49. The minimum atomic E-state index is -3.49. The minimum absolute atomic E-state index is 0.0474. The molecule has 3 rings (SSSR count). The Morgan fingerprint density at radius 1 is 1.12 bits per heavy atom. The second-order valence-electron chi connectivity index (χ2n) is 5.65. The van der Waals surface area contributed by atoms with Crippen molar-refractivity contribution in [2.75, 3.05) is 6.26 Å². The van der Waals surface area contributed by atoms with E-state index in [1.165, 1.54) is 6.21 Å². The summed E-state index contributed by atoms with van der Waals surface area (Å²) in [5.41, 5.74) is 1.32. The molecule has 0 bridgehead atoms. The summed E-state index contributed by atoms with van der Waals surface area (Å²) >= 11 is 0. The maximum absolute atomic E-state index is 11.9. The van der Waals surface area contributed by atoms with E-state index in [2.05, 4.69) is 9.98 Å². The third-order valence-corrected chi connectivity index (χ3v) is 4.21. The molecule has 1 aromatic heterocycles. The molecule has 3 aromatic rings. The van der Waals surface area contributed by atoms with Crippen LogP contribution >= 0.6 is 0 Å². The van der Waals surface area contributed by atoms with Crippen molar-refractivity contribution in [3.05, 3.63) is 70.0 Å². The van der Waals surface area contributed by atoms with Gasteiger partial charge in [-0.3, -0.25) is 19.0 Å². The van der Waals surface area contributed by atoms with E-state index in [1.807, 2.05) is 0 Å². The third kappa shape index (κ3) is 4.16. The summed E-state index contributed by atoms with van der Waals surface area (Å²) in [5.74, 6) is -0.254. The van der Waals surface area contributed by atoms with Crippen molar-refractivity contribution in [3.8, 4) is 5.88 Å². The second-order valence-corrected chi connectivity index (χ2v) is 7.30. The Morgan fingerprint density at radius 2 is 1.77 bits per heavy atom. The van der Waals surface area contributed by atoms with Crippen molar-refractivity contribution >= 4 is 32.8 Å². The number of aromatic nitrogens is 1. The van der Waals surface area contributed by atoms with Crippen LogP contribution in [0.1, 0.15) is 11.1 Å². The number of aromatic hydroxyl groups is 1. The number of H-pyrrole nitrogens is 1. The van der Waals surface area contributed by atoms with E-state index in [-0.39, 0.29) is 18.0 Å². The van der Waals surface area contributed by atoms with Crippen molar-refractivity contribution in [1.82, 2.24) is 4.98 Å². The lowest BCUT2D eigenvalue weighted by atomic mass is 10.1. The molecule has 0 aliphatic carbocycles. The van der Waals surface area contributed by atoms with Crippen molar-refractivity contribution in [1.29, 1.82) is 0 Å². The maximum Gasteiger partial charge on any atom is 0.264 e. The van der Waals surface area contributed by atoms with E-state index in [0.29, 0.717) is 27.6 Å². The Labute approximate surface area is 149 Å². The lowest BCUT2D eigenvalue weighted by molar-refractivity contribution is 0.312. The fourth-order valence-corrected chi connectivity index (χ4v) is 2.76. The summed E-state index contributed by atoms with van der Waals surface area (Å²) in [6, 6.07) is 13.7. The molecule has 0 saturated carbocycles. The van der Waals surface area contributed by atoms with Gasteiger partial charge in [-0.25, -0.2) is 0 Å². The number of benzene rings is 2. The molecule has 0 saturated heterocycles. The van der Waals surface area contributed by atoms with Crippen LogP contribution in [0.5, 0.6) is 5.88 Å². The van der Waals surface area contributed by atoms with Crippen LogP contribution in [0.15, 0.2) is 58.3 Å². The van der Waals surface area contributed by atoms with Gasteiger partial charge in [0.15, 0.2) is 0 Å². The molecule has 0 amide bonds. The Hall–Kier alpha value is -2.97. The lowest BCUT2D eigenvalue weighted by Crippen LogP contribution is -2.07. The van der Waals surface area contributed by atoms with Gasteiger partial charge in [-0.1, -0.05) is 30.3 Å². The first-order valence-corrected chi connectivity index (χ1v) is 9.46. The molecule has 0 aliphatic rings. The van der Waals surface area contributed by atoms with Gasteiger partial charge >= 0.3 is 0 Å². The van der Waals surface area contributed by atoms with Crippen LogP contribution in [0.25, 0.3) is 10.8 Å². The summed E-state index contributed by atoms with van der Waals surface area (Å²) < 4.78 is 26.7. The predicted octanol–water partition coefficient (Wildman–Crippen LogP) is 2.46. The van der Waals surface area contributed by atoms with Gasteiger partial charge in [0.05, 0.1) is 24.1 Å². The summed E-state index contributed by atoms with van der Waals surface area (Å²) in [6.07, 6.45) is 2.46. The van der Waals surface area contributed by atoms with Crippen LogP contribution in [-0.2, 0) is 20.9 Å². The van der Waals surface area contributed by atoms with E-state index in [0.717, 1.165) is 6.26 Å². The molecule has 0 aliphatic heterocycles. The summed E-state index contributed by atoms with van der Waals surface area (Å²) in [5, 5.41) is 11.1. The highest BCUT2D eigenvalue weighted by atomic mass is 32.2. The standard InChI is InChI=1S/C18H16N2O5S/c1-26(23,24)25-11-12-6-8-13(9-7-12)19-10-16-14-4-2-3-5-15(14)17(21)20-18(16)22/h2-10H,11H2,1H3,(H2,20,21,22). The van der Waals surface area contributed by atoms with Gasteiger partial charge < -0.3 is 5.11 Å². The Balaban J connectivity index is 1.87. The third-order valence-electron chi connectivity index (χ3n) is 3.67. The second kappa shape index (κ2) is 7.11. The number of hydrogen-bond acceptors (Lipinski definition) is 6. The highest BCUT2D eigenvalue weighted by Crippen LogP contribution is 2.22. The molecule has 0 fully saturated rings. The van der Waals surface area contributed by atoms with Crippen LogP contribution in [-0.4, -0.2) is 31.0 Å². The minimum Gasteiger partial charge on any atom is -0.494 e. The van der Waals surface area contributed by atoms with Crippen LogP contribution in [0, 0.1) is 0 Å². The van der Waals surface area contributed by atoms with E-state index < -0.39 is 10.1 Å². The number of hydrogen-bond donors (Lipinski definition) is 2. The van der Waals surface area contributed by atoms with E-state index in [9.17, 15) is 18.3 Å². The van der Waals surface area contributed by atoms with E-state index >= 15 is 0 Å². The lowest BCUT2D eigenvalue weighted by Gasteiger charge is -2.04. The average Bonchev–Trinajstić information content (AvgIpc) is 2.60. The van der Waals surface area contributed by atoms with Crippen LogP contribution in [0.3, 0.4) is 0 Å². The first-order valence-electron chi connectivity index (χ1n) is 7.65. The molecule has 0 radical (unpaired) electrons. The fraction of sp³-hybridized carbons (Fsp3) is 0.111. The highest BCUT2D eigenvalue weighted by molar-refractivity contribution is 7.85. The Morgan fingerprint density at radius 3 is 2.42 bits per heavy atom. The van der Waals surface area contributed by atoms with Gasteiger partial charge in [-0.05, 0) is 23.8 Å². The monoisotopic (exact) mass is 372 g/mol. The zero-order valence-electron chi connectivity index (χ0n) is 13.8. The molecule has 134 valence electrons. The van der Waals surface area contributed by atoms with Crippen molar-refractivity contribution in [2.24, 2.45) is 4.99 Å². The number of nitrogens with zero attached hydrogens (tertiary/aromatic N) is 1. The predicted molar refractivity (Wildman–Crippen MR) is 99.6 cm³/mol. The SMILES string of the molecule is CS(=O)(=O)OCc1ccc(N=Cc2c(O)[nH]c(=O)c3ccccc23)cc1. The van der Waals surface area contributed by atoms with Gasteiger partial charge in [0.1, 0.15) is 0 Å². The van der Waals surface area contributed by atoms with E-state index in [4.69, 9.17) is 4.18 Å². The number of fused-ring (bicyclic) bond motifs is 1. The normalized spacial score (nSPS) is 12.0. The number of pyridine rings is 1. The largest absolute Gasteiger partial charge is 0.494 e. The molecule has 2 N–H and O–H groups in total. The first kappa shape index (κ1) is 17.8. The maximum atomic E-state index is 11.9. The molecule has 0 unspecified atom stereocenters. The smallest absolute Gasteiger partial charge is 0.264 e. The van der Waals surface area contributed by atoms with Gasteiger partial charge in [-0.15, -0.1) is 0 Å². The fourth-order valence-electron chi connectivity index (χ4n) is 2.41. The van der Waals surface area contributed by atoms with Crippen molar-refractivity contribution in [3.63, 3.8) is 0 Å². The van der Waals surface area contributed by atoms with Crippen molar-refractivity contribution in [2.45, 2.75) is 6.61 Å². The van der Waals surface area contributed by atoms with Crippen LogP contribution in [0.2, 0.25) is 0 Å². The average molecular weight is 372 g/mol. The molecule has 8 heteroatoms. The highest BCUT2D eigenvalue weighted by Gasteiger charge is 2.08. The van der Waals surface area contributed by atoms with Crippen LogP contribution < -0.4 is 5.56 Å². The van der Waals surface area contributed by atoms with E-state index in [1.54, 1.807) is 48.5 Å². The zero-order valence-corrected chi connectivity index (χ0v) is 14.7. The molecule has 0 spiro atoms. The number of rotatable bonds is 5. The molecule has 7 nitrogen and oxygen atoms in total. The molecule has 26 heavy (non-hydrogen) atoms. The van der Waals surface area contributed by atoms with Crippen LogP contribution in [0.4, 0.5) is 5.69 Å². The Bertz CT molecular complexity index is 1130. The zero-order chi connectivity index (χ0) is 18.7. The summed E-state index contributed by atoms with van der Waals surface area (Å²) in [4.78, 5) is 18.6. The number of aromatic amines is 1. The van der Waals surface area contributed by atoms with Gasteiger partial charge in [0.2, 0.25) is 5.88 Å². The first-order chi connectivity index (χ1) is 12.3. The van der Waals surface area contributed by atoms with Crippen molar-refractivity contribution < 1.29 is 17.7 Å². The van der Waals surface area contributed by atoms with Gasteiger partial charge in [-0.2, -0.15) is 8.42 Å². The molecule has 2 aromatic carbocycles. The van der Waals surface area contributed by atoms with Gasteiger partial charge in [0.25, 0.3) is 15.7 Å². The summed E-state index contributed by atoms with van der Waals surface area (Å²) in [6.45, 7) is -0.0474. The molecular formula is C18H16N2O5S. The van der Waals surface area contributed by atoms with Gasteiger partial charge in [0, 0.05) is 17.0 Å². The molecule has 0 atom stereocenters. The number of aliphatic imine (C=N–C) groups is 1. The molecule has 1 heterocycles. The quantitative estimate of drug-likeness (QED) is 0.528. The molecular weight excluding hydrogens is 356 g/mol. The topological polar surface area (TPSA) is 109 Å².